The molecule has 0 aliphatic carbocycles. The molecule has 1 unspecified atom stereocenters. The lowest BCUT2D eigenvalue weighted by Gasteiger charge is -2.29. The van der Waals surface area contributed by atoms with Crippen molar-refractivity contribution in [1.29, 1.82) is 0 Å². The van der Waals surface area contributed by atoms with Gasteiger partial charge in [0.05, 0.1) is 24.0 Å². The van der Waals surface area contributed by atoms with Crippen LogP contribution in [0.4, 0.5) is 23.4 Å². The number of carbonyl (C=O) groups is 4. The van der Waals surface area contributed by atoms with Crippen molar-refractivity contribution in [2.45, 2.75) is 51.0 Å². The number of halogens is 4. The van der Waals surface area contributed by atoms with Gasteiger partial charge in [0.2, 0.25) is 17.6 Å². The Balaban J connectivity index is 1.45. The molecular weight excluding hydrogens is 642 g/mol. The third kappa shape index (κ3) is 5.63. The lowest BCUT2D eigenvalue weighted by molar-refractivity contribution is -0.199. The number of anilines is 1. The molecule has 1 aromatic carbocycles. The van der Waals surface area contributed by atoms with E-state index in [0.29, 0.717) is 24.9 Å². The molecule has 0 bridgehead atoms. The summed E-state index contributed by atoms with van der Waals surface area (Å²) in [6, 6.07) is 3.13. The van der Waals surface area contributed by atoms with Gasteiger partial charge in [0, 0.05) is 29.7 Å². The number of sulfonamides is 1. The third-order valence-electron chi connectivity index (χ3n) is 7.98. The van der Waals surface area contributed by atoms with Crippen LogP contribution in [0.2, 0.25) is 0 Å². The summed E-state index contributed by atoms with van der Waals surface area (Å²) in [5.74, 6) is -6.25. The molecule has 3 aliphatic rings. The van der Waals surface area contributed by atoms with Gasteiger partial charge in [0.15, 0.2) is 0 Å². The Bertz CT molecular complexity index is 1910. The maximum Gasteiger partial charge on any atom is 0.493 e. The van der Waals surface area contributed by atoms with Gasteiger partial charge in [-0.15, -0.1) is 0 Å². The Morgan fingerprint density at radius 3 is 2.50 bits per heavy atom. The predicted molar refractivity (Wildman–Crippen MR) is 149 cm³/mol. The number of aromatic amines is 1. The normalized spacial score (nSPS) is 19.1. The number of piperidine rings is 1. The summed E-state index contributed by atoms with van der Waals surface area (Å²) >= 11 is 0. The van der Waals surface area contributed by atoms with E-state index in [1.165, 1.54) is 23.1 Å². The van der Waals surface area contributed by atoms with E-state index in [2.05, 4.69) is 25.3 Å². The third-order valence-corrected chi connectivity index (χ3v) is 8.83. The summed E-state index contributed by atoms with van der Waals surface area (Å²) in [6.45, 7) is 1.40. The molecule has 0 radical (unpaired) electrons. The summed E-state index contributed by atoms with van der Waals surface area (Å²) in [5.41, 5.74) is -0.0254. The molecule has 5 heterocycles. The highest BCUT2D eigenvalue weighted by atomic mass is 32.2. The number of alkyl halides is 3. The number of rotatable bonds is 7. The van der Waals surface area contributed by atoms with E-state index >= 15 is 4.39 Å². The Morgan fingerprint density at radius 2 is 1.85 bits per heavy atom. The number of H-pyrrole nitrogens is 1. The van der Waals surface area contributed by atoms with Crippen LogP contribution in [-0.4, -0.2) is 88.7 Å². The Kier molecular flexibility index (Phi) is 7.70. The van der Waals surface area contributed by atoms with Crippen molar-refractivity contribution in [3.8, 4) is 11.3 Å². The van der Waals surface area contributed by atoms with Gasteiger partial charge < -0.3 is 9.74 Å². The molecule has 3 amide bonds. The zero-order valence-corrected chi connectivity index (χ0v) is 24.8. The molecule has 14 nitrogen and oxygen atoms in total. The van der Waals surface area contributed by atoms with Crippen molar-refractivity contribution in [1.82, 2.24) is 30.3 Å². The fraction of sp³-hybridized carbons (Fsp3) is 0.407. The van der Waals surface area contributed by atoms with Gasteiger partial charge in [-0.1, -0.05) is 4.47 Å². The monoisotopic (exact) mass is 667 g/mol. The molecule has 1 atom stereocenters. The van der Waals surface area contributed by atoms with Crippen molar-refractivity contribution < 1.29 is 50.0 Å². The lowest BCUT2D eigenvalue weighted by atomic mass is 10.0. The summed E-state index contributed by atoms with van der Waals surface area (Å²) in [6.07, 6.45) is -3.16. The Morgan fingerprint density at radius 1 is 1.15 bits per heavy atom. The fourth-order valence-corrected chi connectivity index (χ4v) is 6.46. The van der Waals surface area contributed by atoms with Gasteiger partial charge in [-0.05, 0) is 56.1 Å². The van der Waals surface area contributed by atoms with Gasteiger partial charge in [0.25, 0.3) is 15.9 Å². The molecule has 6 rings (SSSR count). The predicted octanol–water partition coefficient (Wildman–Crippen LogP) is 1.91. The molecule has 19 heteroatoms. The van der Waals surface area contributed by atoms with Crippen LogP contribution in [0.3, 0.4) is 0 Å². The van der Waals surface area contributed by atoms with Gasteiger partial charge in [-0.3, -0.25) is 29.7 Å². The number of hydrogen-bond donors (Lipinski definition) is 2. The second-order valence-corrected chi connectivity index (χ2v) is 12.9. The van der Waals surface area contributed by atoms with E-state index < -0.39 is 57.6 Å². The van der Waals surface area contributed by atoms with Crippen molar-refractivity contribution in [2.75, 3.05) is 23.8 Å². The molecule has 2 fully saturated rings. The first-order valence-corrected chi connectivity index (χ1v) is 15.8. The topological polar surface area (TPSA) is 175 Å². The zero-order chi connectivity index (χ0) is 33.1. The van der Waals surface area contributed by atoms with Crippen molar-refractivity contribution in [2.24, 2.45) is 0 Å². The van der Waals surface area contributed by atoms with Crippen LogP contribution in [-0.2, 0) is 42.3 Å². The molecule has 0 spiro atoms. The number of carbonyl (C=O) groups excluding carboxylic acids is 4. The maximum atomic E-state index is 16.2. The molecule has 2 saturated heterocycles. The van der Waals surface area contributed by atoms with E-state index in [-0.39, 0.29) is 63.8 Å². The quantitative estimate of drug-likeness (QED) is 0.215. The van der Waals surface area contributed by atoms with E-state index in [4.69, 9.17) is 0 Å². The number of amides is 3. The molecule has 46 heavy (non-hydrogen) atoms. The van der Waals surface area contributed by atoms with Gasteiger partial charge in [-0.25, -0.2) is 22.6 Å². The smallest absolute Gasteiger partial charge is 0.322 e. The number of hydrogen-bond acceptors (Lipinski definition) is 10. The number of likely N-dealkylation sites (tertiary alicyclic amines) is 1. The first kappa shape index (κ1) is 31.3. The number of benzene rings is 1. The van der Waals surface area contributed by atoms with Crippen LogP contribution in [0.15, 0.2) is 18.2 Å². The lowest BCUT2D eigenvalue weighted by Crippen LogP contribution is -2.52. The maximum absolute atomic E-state index is 16.2. The summed E-state index contributed by atoms with van der Waals surface area (Å²) < 4.78 is 80.1. The first-order chi connectivity index (χ1) is 21.6. The van der Waals surface area contributed by atoms with Crippen molar-refractivity contribution >= 4 is 50.6 Å². The fourth-order valence-electron chi connectivity index (χ4n) is 5.82. The largest absolute Gasteiger partial charge is 0.493 e. The number of nitrogens with zero attached hydrogens (tertiary/aromatic N) is 5. The average Bonchev–Trinajstić information content (AvgIpc) is 3.71. The SMILES string of the molecule is CS(=O)(=O)N(OC(=O)C(F)(F)F)c1n[nH]c2c(CN3CCCC3)cc(-c3ccc4c(c3F)CN(C3CCC(=O)NC3=O)C4=O)nc12. The van der Waals surface area contributed by atoms with Crippen LogP contribution in [0.1, 0.15) is 47.2 Å². The summed E-state index contributed by atoms with van der Waals surface area (Å²) in [5, 5.41) is 8.55. The molecule has 0 saturated carbocycles. The van der Waals surface area contributed by atoms with E-state index in [1.807, 2.05) is 4.90 Å². The average molecular weight is 668 g/mol. The Hall–Kier alpha value is -4.65. The Labute approximate surface area is 257 Å². The van der Waals surface area contributed by atoms with Crippen molar-refractivity contribution in [3.63, 3.8) is 0 Å². The van der Waals surface area contributed by atoms with Crippen LogP contribution in [0.25, 0.3) is 22.3 Å². The highest BCUT2D eigenvalue weighted by Gasteiger charge is 2.45. The highest BCUT2D eigenvalue weighted by Crippen LogP contribution is 2.37. The molecule has 2 N–H and O–H groups in total. The molecular formula is C27H25F4N7O7S. The van der Waals surface area contributed by atoms with Crippen molar-refractivity contribution in [3.05, 3.63) is 40.7 Å². The van der Waals surface area contributed by atoms with E-state index in [0.717, 1.165) is 12.8 Å². The summed E-state index contributed by atoms with van der Waals surface area (Å²) in [7, 11) is -4.71. The number of imide groups is 1. The number of aromatic nitrogens is 3. The minimum absolute atomic E-state index is 0.00378. The second kappa shape index (κ2) is 11.3. The molecule has 2 aromatic heterocycles. The second-order valence-electron chi connectivity index (χ2n) is 11.1. The molecule has 244 valence electrons. The van der Waals surface area contributed by atoms with E-state index in [9.17, 15) is 40.8 Å². The standard InChI is InChI=1S/C27H25F4N7O7S/c1-46(43,44)38(45-26(42)27(29,30)31)23-22-21(34-35-23)13(11-36-8-2-3-9-36)10-17(32-22)15-5-4-14-16(20(15)28)12-37(25(14)41)18-6-7-19(39)33-24(18)40/h4-5,10,18H,2-3,6-9,11-12H2,1H3,(H,34,35)(H,33,39,40). The number of fused-ring (bicyclic) bond motifs is 2. The number of nitrogens with one attached hydrogen (secondary N) is 2. The van der Waals surface area contributed by atoms with E-state index in [1.54, 1.807) is 0 Å². The van der Waals surface area contributed by atoms with Gasteiger partial charge in [-0.2, -0.15) is 18.3 Å². The minimum atomic E-state index is -5.54. The van der Waals surface area contributed by atoms with Crippen LogP contribution in [0.5, 0.6) is 0 Å². The van der Waals surface area contributed by atoms with Crippen LogP contribution < -0.4 is 9.79 Å². The van der Waals surface area contributed by atoms with Gasteiger partial charge >= 0.3 is 12.1 Å². The molecule has 3 aliphatic heterocycles. The summed E-state index contributed by atoms with van der Waals surface area (Å²) in [4.78, 5) is 60.6. The molecule has 3 aromatic rings. The van der Waals surface area contributed by atoms with Crippen LogP contribution in [0, 0.1) is 5.82 Å². The zero-order valence-electron chi connectivity index (χ0n) is 24.0. The highest BCUT2D eigenvalue weighted by molar-refractivity contribution is 7.91. The van der Waals surface area contributed by atoms with Gasteiger partial charge in [0.1, 0.15) is 17.4 Å². The van der Waals surface area contributed by atoms with Crippen LogP contribution >= 0.6 is 0 Å². The minimum Gasteiger partial charge on any atom is -0.322 e. The number of pyridine rings is 1. The first-order valence-electron chi connectivity index (χ1n) is 14.0.